The van der Waals surface area contributed by atoms with Crippen molar-refractivity contribution in [1.29, 1.82) is 0 Å². The Labute approximate surface area is 176 Å². The molecule has 2 aromatic heterocycles. The van der Waals surface area contributed by atoms with Crippen molar-refractivity contribution in [3.8, 4) is 11.1 Å². The van der Waals surface area contributed by atoms with Crippen LogP contribution < -0.4 is 0 Å². The number of aromatic nitrogens is 3. The Kier molecular flexibility index (Phi) is 6.12. The molecule has 0 spiro atoms. The number of piperidine rings is 1. The highest BCUT2D eigenvalue weighted by molar-refractivity contribution is 5.94. The molecule has 0 saturated carbocycles. The number of aryl methyl sites for hydroxylation is 1. The summed E-state index contributed by atoms with van der Waals surface area (Å²) < 4.78 is 13.7. The Morgan fingerprint density at radius 3 is 2.80 bits per heavy atom. The summed E-state index contributed by atoms with van der Waals surface area (Å²) in [7, 11) is 0. The van der Waals surface area contributed by atoms with E-state index < -0.39 is 5.82 Å². The van der Waals surface area contributed by atoms with Gasteiger partial charge in [0.25, 0.3) is 5.91 Å². The normalized spacial score (nSPS) is 16.5. The Hall–Kier alpha value is -3.15. The molecule has 0 N–H and O–H groups in total. The molecule has 154 valence electrons. The zero-order chi connectivity index (χ0) is 20.9. The molecule has 5 nitrogen and oxygen atoms in total. The SMILES string of the molecule is CCCc1ncc(-c2ccncc2)c([C@H]2CCCCN2C(=O)c2cccc(F)c2)n1. The van der Waals surface area contributed by atoms with Crippen molar-refractivity contribution >= 4 is 5.91 Å². The Balaban J connectivity index is 1.77. The van der Waals surface area contributed by atoms with Gasteiger partial charge in [0.1, 0.15) is 11.6 Å². The molecule has 1 aliphatic heterocycles. The van der Waals surface area contributed by atoms with Crippen LogP contribution in [0.2, 0.25) is 0 Å². The van der Waals surface area contributed by atoms with Crippen LogP contribution >= 0.6 is 0 Å². The fraction of sp³-hybridized carbons (Fsp3) is 0.333. The number of nitrogens with zero attached hydrogens (tertiary/aromatic N) is 4. The van der Waals surface area contributed by atoms with Gasteiger partial charge in [-0.2, -0.15) is 0 Å². The van der Waals surface area contributed by atoms with Gasteiger partial charge in [-0.3, -0.25) is 9.78 Å². The summed E-state index contributed by atoms with van der Waals surface area (Å²) in [6, 6.07) is 9.61. The van der Waals surface area contributed by atoms with Gasteiger partial charge in [0.15, 0.2) is 0 Å². The van der Waals surface area contributed by atoms with Crippen molar-refractivity contribution in [2.45, 2.75) is 45.1 Å². The third kappa shape index (κ3) is 4.22. The molecule has 4 rings (SSSR count). The first-order chi connectivity index (χ1) is 14.7. The Morgan fingerprint density at radius 2 is 2.03 bits per heavy atom. The predicted octanol–water partition coefficient (Wildman–Crippen LogP) is 5.00. The van der Waals surface area contributed by atoms with Crippen molar-refractivity contribution in [2.75, 3.05) is 6.54 Å². The van der Waals surface area contributed by atoms with Gasteiger partial charge < -0.3 is 4.90 Å². The number of hydrogen-bond donors (Lipinski definition) is 0. The molecule has 1 fully saturated rings. The molecule has 3 heterocycles. The number of rotatable bonds is 5. The predicted molar refractivity (Wildman–Crippen MR) is 113 cm³/mol. The van der Waals surface area contributed by atoms with Crippen LogP contribution in [0.3, 0.4) is 0 Å². The molecule has 1 atom stereocenters. The number of benzene rings is 1. The van der Waals surface area contributed by atoms with Crippen LogP contribution in [0.1, 0.15) is 60.5 Å². The molecule has 1 saturated heterocycles. The van der Waals surface area contributed by atoms with Gasteiger partial charge in [-0.25, -0.2) is 14.4 Å². The minimum absolute atomic E-state index is 0.157. The molecular weight excluding hydrogens is 379 g/mol. The summed E-state index contributed by atoms with van der Waals surface area (Å²) >= 11 is 0. The zero-order valence-corrected chi connectivity index (χ0v) is 17.1. The third-order valence-corrected chi connectivity index (χ3v) is 5.48. The minimum Gasteiger partial charge on any atom is -0.330 e. The number of halogens is 1. The Bertz CT molecular complexity index is 1020. The Morgan fingerprint density at radius 1 is 1.20 bits per heavy atom. The molecule has 30 heavy (non-hydrogen) atoms. The van der Waals surface area contributed by atoms with E-state index >= 15 is 0 Å². The lowest BCUT2D eigenvalue weighted by molar-refractivity contribution is 0.0606. The zero-order valence-electron chi connectivity index (χ0n) is 17.1. The van der Waals surface area contributed by atoms with E-state index in [1.165, 1.54) is 12.1 Å². The molecule has 0 radical (unpaired) electrons. The summed E-state index contributed by atoms with van der Waals surface area (Å²) in [5.74, 6) is 0.226. The highest BCUT2D eigenvalue weighted by Crippen LogP contribution is 2.36. The molecule has 0 bridgehead atoms. The van der Waals surface area contributed by atoms with Crippen molar-refractivity contribution in [2.24, 2.45) is 0 Å². The van der Waals surface area contributed by atoms with Crippen LogP contribution in [-0.4, -0.2) is 32.3 Å². The van der Waals surface area contributed by atoms with Gasteiger partial charge in [0.05, 0.1) is 11.7 Å². The van der Waals surface area contributed by atoms with Crippen molar-refractivity contribution in [1.82, 2.24) is 19.9 Å². The maximum atomic E-state index is 13.7. The number of carbonyl (C=O) groups is 1. The van der Waals surface area contributed by atoms with E-state index in [0.29, 0.717) is 12.1 Å². The van der Waals surface area contributed by atoms with Crippen LogP contribution in [0.5, 0.6) is 0 Å². The van der Waals surface area contributed by atoms with Crippen molar-refractivity contribution in [3.63, 3.8) is 0 Å². The van der Waals surface area contributed by atoms with Crippen molar-refractivity contribution in [3.05, 3.63) is 77.9 Å². The van der Waals surface area contributed by atoms with E-state index in [1.54, 1.807) is 24.5 Å². The molecule has 1 amide bonds. The minimum atomic E-state index is -0.404. The van der Waals surface area contributed by atoms with Crippen LogP contribution in [0, 0.1) is 5.82 Å². The number of amides is 1. The van der Waals surface area contributed by atoms with E-state index in [9.17, 15) is 9.18 Å². The molecule has 3 aromatic rings. The van der Waals surface area contributed by atoms with Gasteiger partial charge in [-0.15, -0.1) is 0 Å². The first-order valence-electron chi connectivity index (χ1n) is 10.5. The van der Waals surface area contributed by atoms with Crippen LogP contribution in [0.4, 0.5) is 4.39 Å². The van der Waals surface area contributed by atoms with E-state index in [4.69, 9.17) is 4.98 Å². The number of likely N-dealkylation sites (tertiary alicyclic amines) is 1. The maximum Gasteiger partial charge on any atom is 0.254 e. The highest BCUT2D eigenvalue weighted by atomic mass is 19.1. The largest absolute Gasteiger partial charge is 0.330 e. The lowest BCUT2D eigenvalue weighted by atomic mass is 9.93. The first-order valence-corrected chi connectivity index (χ1v) is 10.5. The van der Waals surface area contributed by atoms with Crippen LogP contribution in [0.15, 0.2) is 55.0 Å². The summed E-state index contributed by atoms with van der Waals surface area (Å²) in [6.45, 7) is 2.73. The molecular formula is C24H25FN4O. The van der Waals surface area contributed by atoms with Gasteiger partial charge in [0.2, 0.25) is 0 Å². The first kappa shape index (κ1) is 20.1. The average Bonchev–Trinajstić information content (AvgIpc) is 2.79. The van der Waals surface area contributed by atoms with E-state index in [0.717, 1.165) is 54.7 Å². The monoisotopic (exact) mass is 404 g/mol. The van der Waals surface area contributed by atoms with Gasteiger partial charge in [0, 0.05) is 42.7 Å². The molecule has 1 aromatic carbocycles. The smallest absolute Gasteiger partial charge is 0.254 e. The third-order valence-electron chi connectivity index (χ3n) is 5.48. The topological polar surface area (TPSA) is 59.0 Å². The molecule has 0 unspecified atom stereocenters. The van der Waals surface area contributed by atoms with Crippen LogP contribution in [0.25, 0.3) is 11.1 Å². The van der Waals surface area contributed by atoms with E-state index in [1.807, 2.05) is 23.2 Å². The second-order valence-corrected chi connectivity index (χ2v) is 7.59. The second kappa shape index (κ2) is 9.11. The number of hydrogen-bond acceptors (Lipinski definition) is 4. The van der Waals surface area contributed by atoms with Gasteiger partial charge in [-0.1, -0.05) is 13.0 Å². The fourth-order valence-corrected chi connectivity index (χ4v) is 4.03. The quantitative estimate of drug-likeness (QED) is 0.601. The summed E-state index contributed by atoms with van der Waals surface area (Å²) in [5.41, 5.74) is 3.13. The standard InChI is InChI=1S/C24H25FN4O/c1-2-6-22-27-16-20(17-10-12-26-13-11-17)23(28-22)21-9-3-4-14-29(21)24(30)18-7-5-8-19(25)15-18/h5,7-8,10-13,15-16,21H,2-4,6,9,14H2,1H3/t21-/m1/s1. The molecule has 6 heteroatoms. The summed E-state index contributed by atoms with van der Waals surface area (Å²) in [4.78, 5) is 28.7. The second-order valence-electron chi connectivity index (χ2n) is 7.59. The van der Waals surface area contributed by atoms with E-state index in [-0.39, 0.29) is 11.9 Å². The van der Waals surface area contributed by atoms with E-state index in [2.05, 4.69) is 16.9 Å². The summed E-state index contributed by atoms with van der Waals surface area (Å²) in [5, 5.41) is 0. The number of carbonyl (C=O) groups excluding carboxylic acids is 1. The lowest BCUT2D eigenvalue weighted by Crippen LogP contribution is -2.39. The summed E-state index contributed by atoms with van der Waals surface area (Å²) in [6.07, 6.45) is 9.85. The van der Waals surface area contributed by atoms with Gasteiger partial charge >= 0.3 is 0 Å². The van der Waals surface area contributed by atoms with Crippen molar-refractivity contribution < 1.29 is 9.18 Å². The van der Waals surface area contributed by atoms with Crippen LogP contribution in [-0.2, 0) is 6.42 Å². The number of pyridine rings is 1. The highest BCUT2D eigenvalue weighted by Gasteiger charge is 2.32. The van der Waals surface area contributed by atoms with Gasteiger partial charge in [-0.05, 0) is 61.6 Å². The maximum absolute atomic E-state index is 13.7. The molecule has 1 aliphatic rings. The lowest BCUT2D eigenvalue weighted by Gasteiger charge is -2.36. The fourth-order valence-electron chi connectivity index (χ4n) is 4.03. The average molecular weight is 404 g/mol. The molecule has 0 aliphatic carbocycles.